The molecule has 0 aliphatic carbocycles. The van der Waals surface area contributed by atoms with Gasteiger partial charge in [0.1, 0.15) is 10.0 Å². The molecule has 1 unspecified atom stereocenters. The van der Waals surface area contributed by atoms with E-state index in [1.165, 1.54) is 0 Å². The first-order valence-electron chi connectivity index (χ1n) is 4.68. The Morgan fingerprint density at radius 1 is 1.25 bits per heavy atom. The van der Waals surface area contributed by atoms with E-state index in [2.05, 4.69) is 4.98 Å². The number of aromatic nitrogens is 1. The molecular weight excluding hydrogens is 265 g/mol. The summed E-state index contributed by atoms with van der Waals surface area (Å²) in [5.41, 5.74) is 1.99. The Morgan fingerprint density at radius 2 is 1.94 bits per heavy atom. The zero-order valence-corrected chi connectivity index (χ0v) is 10.6. The first kappa shape index (κ1) is 11.7. The van der Waals surface area contributed by atoms with Crippen LogP contribution in [0.4, 0.5) is 0 Å². The van der Waals surface area contributed by atoms with Crippen LogP contribution < -0.4 is 0 Å². The van der Waals surface area contributed by atoms with Gasteiger partial charge in [0.25, 0.3) is 0 Å². The van der Waals surface area contributed by atoms with Crippen LogP contribution in [0.2, 0.25) is 5.15 Å². The van der Waals surface area contributed by atoms with Gasteiger partial charge in [-0.1, -0.05) is 41.9 Å². The second-order valence-electron chi connectivity index (χ2n) is 3.35. The molecule has 2 aromatic rings. The summed E-state index contributed by atoms with van der Waals surface area (Å²) in [5.74, 6) is 0. The predicted molar refractivity (Wildman–Crippen MR) is 68.5 cm³/mol. The highest BCUT2D eigenvalue weighted by Crippen LogP contribution is 2.26. The van der Waals surface area contributed by atoms with E-state index in [1.807, 2.05) is 30.3 Å². The van der Waals surface area contributed by atoms with Crippen LogP contribution in [0, 0.1) is 0 Å². The minimum atomic E-state index is -1.29. The Balaban J connectivity index is 2.34. The summed E-state index contributed by atoms with van der Waals surface area (Å²) in [6, 6.07) is 9.92. The minimum absolute atomic E-state index is 0.533. The third-order valence-corrected chi connectivity index (χ3v) is 3.86. The van der Waals surface area contributed by atoms with Crippen molar-refractivity contribution in [2.24, 2.45) is 0 Å². The lowest BCUT2D eigenvalue weighted by atomic mass is 10.1. The summed E-state index contributed by atoms with van der Waals surface area (Å²) in [7, 11) is 4.41. The number of rotatable bonds is 3. The molecular formula is C11H10Cl2NOS+. The smallest absolute Gasteiger partial charge is 0.318 e. The summed E-state index contributed by atoms with van der Waals surface area (Å²) in [6.45, 7) is 0. The van der Waals surface area contributed by atoms with Gasteiger partial charge in [0.05, 0.1) is 10.7 Å². The quantitative estimate of drug-likeness (QED) is 0.655. The van der Waals surface area contributed by atoms with Crippen molar-refractivity contribution < 1.29 is 4.21 Å². The lowest BCUT2D eigenvalue weighted by molar-refractivity contribution is 0.736. The molecule has 1 atom stereocenters. The van der Waals surface area contributed by atoms with Gasteiger partial charge in [-0.05, 0) is 5.56 Å². The number of aromatic amines is 1. The number of H-pyrrole nitrogens is 1. The van der Waals surface area contributed by atoms with Gasteiger partial charge in [-0.2, -0.15) is 0 Å². The fourth-order valence-corrected chi connectivity index (χ4v) is 2.75. The highest BCUT2D eigenvalue weighted by Gasteiger charge is 2.17. The second kappa shape index (κ2) is 5.04. The molecule has 0 fully saturated rings. The minimum Gasteiger partial charge on any atom is -0.351 e. The molecule has 1 heterocycles. The topological polar surface area (TPSA) is 37.2 Å². The molecule has 84 valence electrons. The molecule has 5 heteroatoms. The molecule has 0 bridgehead atoms. The number of hydrogen-bond donors (Lipinski definition) is 1. The van der Waals surface area contributed by atoms with Gasteiger partial charge in [-0.3, -0.25) is 0 Å². The predicted octanol–water partition coefficient (Wildman–Crippen LogP) is 3.68. The molecule has 0 aliphatic heterocycles. The lowest BCUT2D eigenvalue weighted by Crippen LogP contribution is -1.91. The standard InChI is InChI=1S/C11H9Cl2NOS/c12-11-9(10(7-14-11)16(13)15)6-8-4-2-1-3-5-8/h1-5,7,14H,6H2/p+1. The molecule has 2 N–H and O–H groups in total. The Morgan fingerprint density at radius 3 is 2.56 bits per heavy atom. The van der Waals surface area contributed by atoms with Crippen molar-refractivity contribution in [3.05, 3.63) is 52.8 Å². The maximum atomic E-state index is 9.41. The van der Waals surface area contributed by atoms with Crippen LogP contribution in [0.15, 0.2) is 41.4 Å². The average molecular weight is 275 g/mol. The van der Waals surface area contributed by atoms with E-state index in [0.29, 0.717) is 16.5 Å². The summed E-state index contributed by atoms with van der Waals surface area (Å²) < 4.78 is 9.41. The fraction of sp³-hybridized carbons (Fsp3) is 0.0909. The van der Waals surface area contributed by atoms with Crippen LogP contribution in [0.25, 0.3) is 0 Å². The van der Waals surface area contributed by atoms with E-state index < -0.39 is 10.0 Å². The van der Waals surface area contributed by atoms with Gasteiger partial charge in [-0.25, -0.2) is 4.21 Å². The number of benzene rings is 1. The molecule has 1 aromatic carbocycles. The van der Waals surface area contributed by atoms with Gasteiger partial charge in [0.2, 0.25) is 0 Å². The number of nitrogens with one attached hydrogen (secondary N) is 1. The van der Waals surface area contributed by atoms with Crippen molar-refractivity contribution in [2.75, 3.05) is 0 Å². The zero-order valence-electron chi connectivity index (χ0n) is 8.28. The molecule has 0 saturated carbocycles. The Hall–Kier alpha value is -0.770. The molecule has 0 radical (unpaired) electrons. The molecule has 2 rings (SSSR count). The third-order valence-electron chi connectivity index (χ3n) is 2.30. The molecule has 2 nitrogen and oxygen atoms in total. The lowest BCUT2D eigenvalue weighted by Gasteiger charge is -2.00. The highest BCUT2D eigenvalue weighted by atomic mass is 35.7. The van der Waals surface area contributed by atoms with E-state index in [0.717, 1.165) is 11.1 Å². The monoisotopic (exact) mass is 274 g/mol. The van der Waals surface area contributed by atoms with E-state index in [4.69, 9.17) is 22.3 Å². The molecule has 16 heavy (non-hydrogen) atoms. The molecule has 1 aromatic heterocycles. The van der Waals surface area contributed by atoms with Crippen molar-refractivity contribution in [2.45, 2.75) is 11.3 Å². The normalized spacial score (nSPS) is 12.6. The Bertz CT molecular complexity index is 510. The molecule has 0 saturated heterocycles. The van der Waals surface area contributed by atoms with Gasteiger partial charge in [0, 0.05) is 18.2 Å². The van der Waals surface area contributed by atoms with E-state index in [-0.39, 0.29) is 0 Å². The summed E-state index contributed by atoms with van der Waals surface area (Å²) in [4.78, 5) is 3.53. The van der Waals surface area contributed by atoms with Gasteiger partial charge < -0.3 is 4.98 Å². The van der Waals surface area contributed by atoms with Crippen LogP contribution >= 0.6 is 22.3 Å². The second-order valence-corrected chi connectivity index (χ2v) is 5.51. The fourth-order valence-electron chi connectivity index (χ4n) is 1.53. The zero-order chi connectivity index (χ0) is 11.5. The van der Waals surface area contributed by atoms with Gasteiger partial charge in [0.15, 0.2) is 0 Å². The van der Waals surface area contributed by atoms with Crippen LogP contribution in [0.5, 0.6) is 0 Å². The van der Waals surface area contributed by atoms with E-state index in [9.17, 15) is 4.21 Å². The van der Waals surface area contributed by atoms with Crippen LogP contribution in [0.3, 0.4) is 0 Å². The maximum absolute atomic E-state index is 9.41. The van der Waals surface area contributed by atoms with Crippen molar-refractivity contribution in [1.82, 2.24) is 4.98 Å². The SMILES string of the molecule is [OH+]=S(Cl)c1c[nH]c(Cl)c1Cc1ccccc1. The Labute approximate surface area is 106 Å². The maximum Gasteiger partial charge on any atom is 0.318 e. The number of hydrogen-bond acceptors (Lipinski definition) is 0. The van der Waals surface area contributed by atoms with Crippen LogP contribution in [0.1, 0.15) is 11.1 Å². The van der Waals surface area contributed by atoms with Crippen molar-refractivity contribution in [3.8, 4) is 0 Å². The summed E-state index contributed by atoms with van der Waals surface area (Å²) in [6.07, 6.45) is 2.31. The van der Waals surface area contributed by atoms with E-state index in [1.54, 1.807) is 6.20 Å². The largest absolute Gasteiger partial charge is 0.351 e. The van der Waals surface area contributed by atoms with E-state index >= 15 is 0 Å². The first-order valence-corrected chi connectivity index (χ1v) is 7.06. The van der Waals surface area contributed by atoms with Crippen LogP contribution in [-0.2, 0) is 16.4 Å². The molecule has 0 aliphatic rings. The van der Waals surface area contributed by atoms with Crippen molar-refractivity contribution in [3.63, 3.8) is 0 Å². The molecule has 0 spiro atoms. The van der Waals surface area contributed by atoms with Crippen LogP contribution in [-0.4, -0.2) is 9.19 Å². The highest BCUT2D eigenvalue weighted by molar-refractivity contribution is 8.08. The number of halogens is 2. The average Bonchev–Trinajstić information content (AvgIpc) is 2.62. The van der Waals surface area contributed by atoms with Crippen molar-refractivity contribution >= 4 is 32.3 Å². The molecule has 0 amide bonds. The summed E-state index contributed by atoms with van der Waals surface area (Å²) >= 11 is 6.02. The van der Waals surface area contributed by atoms with Crippen molar-refractivity contribution in [1.29, 1.82) is 0 Å². The van der Waals surface area contributed by atoms with Gasteiger partial charge in [-0.15, -0.1) is 0 Å². The van der Waals surface area contributed by atoms with Gasteiger partial charge >= 0.3 is 10.0 Å². The third kappa shape index (κ3) is 2.48. The Kier molecular flexibility index (Phi) is 3.69. The first-order chi connectivity index (χ1) is 7.68. The summed E-state index contributed by atoms with van der Waals surface area (Å²) in [5, 5.41) is 0.533.